The first kappa shape index (κ1) is 12.6. The molecule has 1 aromatic rings. The van der Waals surface area contributed by atoms with Gasteiger partial charge >= 0.3 is 0 Å². The van der Waals surface area contributed by atoms with Crippen LogP contribution in [0.25, 0.3) is 0 Å². The van der Waals surface area contributed by atoms with Gasteiger partial charge < -0.3 is 10.2 Å². The predicted molar refractivity (Wildman–Crippen MR) is 70.9 cm³/mol. The molecule has 0 bridgehead atoms. The molecule has 1 aliphatic heterocycles. The molecule has 94 valence electrons. The normalized spacial score (nSPS) is 15.2. The fourth-order valence-electron chi connectivity index (χ4n) is 2.18. The molecule has 18 heavy (non-hydrogen) atoms. The first-order valence-corrected chi connectivity index (χ1v) is 6.29. The van der Waals surface area contributed by atoms with Gasteiger partial charge in [-0.05, 0) is 18.2 Å². The van der Waals surface area contributed by atoms with E-state index in [9.17, 15) is 10.1 Å². The topological polar surface area (TPSA) is 56.1 Å². The molecule has 0 amide bonds. The van der Waals surface area contributed by atoms with Crippen molar-refractivity contribution in [3.05, 3.63) is 29.3 Å². The standard InChI is InChI=1S/C14H17N3O/c1-2-14(18)11-3-4-13(12(9-11)10-15)17-7-5-16-6-8-17/h3-4,9,16H,2,5-8H2,1H3. The SMILES string of the molecule is CCC(=O)c1ccc(N2CCNCC2)c(C#N)c1. The van der Waals surface area contributed by atoms with Gasteiger partial charge in [-0.2, -0.15) is 5.26 Å². The van der Waals surface area contributed by atoms with Crippen molar-refractivity contribution < 1.29 is 4.79 Å². The number of rotatable bonds is 3. The smallest absolute Gasteiger partial charge is 0.162 e. The first-order chi connectivity index (χ1) is 8.76. The van der Waals surface area contributed by atoms with Crippen LogP contribution in [0.3, 0.4) is 0 Å². The van der Waals surface area contributed by atoms with Crippen LogP contribution in [0.2, 0.25) is 0 Å². The molecular formula is C14H17N3O. The van der Waals surface area contributed by atoms with Crippen molar-refractivity contribution in [1.29, 1.82) is 5.26 Å². The summed E-state index contributed by atoms with van der Waals surface area (Å²) in [6.07, 6.45) is 0.470. The molecule has 0 radical (unpaired) electrons. The molecule has 0 saturated carbocycles. The molecule has 4 heteroatoms. The van der Waals surface area contributed by atoms with Crippen molar-refractivity contribution in [2.45, 2.75) is 13.3 Å². The maximum absolute atomic E-state index is 11.6. The Bertz CT molecular complexity index is 484. The minimum absolute atomic E-state index is 0.0818. The zero-order valence-electron chi connectivity index (χ0n) is 10.6. The van der Waals surface area contributed by atoms with E-state index in [1.54, 1.807) is 6.07 Å². The second kappa shape index (κ2) is 5.65. The fraction of sp³-hybridized carbons (Fsp3) is 0.429. The van der Waals surface area contributed by atoms with E-state index in [0.29, 0.717) is 17.5 Å². The number of ketones is 1. The molecule has 1 aliphatic rings. The lowest BCUT2D eigenvalue weighted by atomic mass is 10.0. The molecule has 2 rings (SSSR count). The molecular weight excluding hydrogens is 226 g/mol. The van der Waals surface area contributed by atoms with Crippen LogP contribution in [0.5, 0.6) is 0 Å². The first-order valence-electron chi connectivity index (χ1n) is 6.29. The highest BCUT2D eigenvalue weighted by Gasteiger charge is 2.15. The van der Waals surface area contributed by atoms with Gasteiger partial charge in [0.2, 0.25) is 0 Å². The Balaban J connectivity index is 2.31. The zero-order valence-corrected chi connectivity index (χ0v) is 10.6. The lowest BCUT2D eigenvalue weighted by molar-refractivity contribution is 0.0988. The summed E-state index contributed by atoms with van der Waals surface area (Å²) in [6.45, 7) is 5.49. The summed E-state index contributed by atoms with van der Waals surface area (Å²) < 4.78 is 0. The van der Waals surface area contributed by atoms with Gasteiger partial charge in [-0.25, -0.2) is 0 Å². The summed E-state index contributed by atoms with van der Waals surface area (Å²) in [5, 5.41) is 12.5. The number of nitrogens with one attached hydrogen (secondary N) is 1. The van der Waals surface area contributed by atoms with Crippen molar-refractivity contribution in [2.24, 2.45) is 0 Å². The van der Waals surface area contributed by atoms with Crippen LogP contribution in [0.1, 0.15) is 29.3 Å². The highest BCUT2D eigenvalue weighted by Crippen LogP contribution is 2.22. The van der Waals surface area contributed by atoms with Crippen LogP contribution in [0, 0.1) is 11.3 Å². The Labute approximate surface area is 107 Å². The molecule has 0 aromatic heterocycles. The Morgan fingerprint density at radius 2 is 2.17 bits per heavy atom. The summed E-state index contributed by atoms with van der Waals surface area (Å²) in [5.74, 6) is 0.0818. The predicted octanol–water partition coefficient (Wildman–Crippen LogP) is 1.56. The molecule has 1 fully saturated rings. The summed E-state index contributed by atoms with van der Waals surface area (Å²) in [6, 6.07) is 7.63. The number of nitriles is 1. The lowest BCUT2D eigenvalue weighted by Crippen LogP contribution is -2.43. The van der Waals surface area contributed by atoms with Crippen molar-refractivity contribution in [3.8, 4) is 6.07 Å². The average Bonchev–Trinajstić information content (AvgIpc) is 2.46. The average molecular weight is 243 g/mol. The molecule has 4 nitrogen and oxygen atoms in total. The number of carbonyl (C=O) groups is 1. The molecule has 1 saturated heterocycles. The maximum Gasteiger partial charge on any atom is 0.162 e. The zero-order chi connectivity index (χ0) is 13.0. The minimum Gasteiger partial charge on any atom is -0.368 e. The second-order valence-electron chi connectivity index (χ2n) is 4.36. The van der Waals surface area contributed by atoms with Gasteiger partial charge in [0.05, 0.1) is 11.3 Å². The summed E-state index contributed by atoms with van der Waals surface area (Å²) in [7, 11) is 0. The Kier molecular flexibility index (Phi) is 3.96. The van der Waals surface area contributed by atoms with E-state index in [1.807, 2.05) is 19.1 Å². The number of piperazine rings is 1. The second-order valence-corrected chi connectivity index (χ2v) is 4.36. The van der Waals surface area contributed by atoms with Crippen molar-refractivity contribution in [1.82, 2.24) is 5.32 Å². The Hall–Kier alpha value is -1.86. The highest BCUT2D eigenvalue weighted by atomic mass is 16.1. The van der Waals surface area contributed by atoms with E-state index < -0.39 is 0 Å². The number of benzene rings is 1. The van der Waals surface area contributed by atoms with E-state index in [-0.39, 0.29) is 5.78 Å². The third kappa shape index (κ3) is 2.52. The quantitative estimate of drug-likeness (QED) is 0.819. The monoisotopic (exact) mass is 243 g/mol. The molecule has 1 N–H and O–H groups in total. The Morgan fingerprint density at radius 1 is 1.44 bits per heavy atom. The third-order valence-corrected chi connectivity index (χ3v) is 3.22. The minimum atomic E-state index is 0.0818. The van der Waals surface area contributed by atoms with E-state index in [4.69, 9.17) is 0 Å². The molecule has 0 aliphatic carbocycles. The maximum atomic E-state index is 11.6. The highest BCUT2D eigenvalue weighted by molar-refractivity contribution is 5.96. The number of carbonyl (C=O) groups excluding carboxylic acids is 1. The van der Waals surface area contributed by atoms with Crippen molar-refractivity contribution in [3.63, 3.8) is 0 Å². The van der Waals surface area contributed by atoms with Crippen LogP contribution in [0.4, 0.5) is 5.69 Å². The van der Waals surface area contributed by atoms with Gasteiger partial charge in [-0.15, -0.1) is 0 Å². The van der Waals surface area contributed by atoms with Gasteiger partial charge in [0, 0.05) is 38.2 Å². The molecule has 0 spiro atoms. The molecule has 0 atom stereocenters. The van der Waals surface area contributed by atoms with Gasteiger partial charge in [0.15, 0.2) is 5.78 Å². The van der Waals surface area contributed by atoms with Crippen LogP contribution >= 0.6 is 0 Å². The van der Waals surface area contributed by atoms with E-state index in [1.165, 1.54) is 0 Å². The Morgan fingerprint density at radius 3 is 2.78 bits per heavy atom. The van der Waals surface area contributed by atoms with E-state index in [2.05, 4.69) is 16.3 Å². The number of hydrogen-bond acceptors (Lipinski definition) is 4. The van der Waals surface area contributed by atoms with E-state index in [0.717, 1.165) is 31.9 Å². The molecule has 1 aromatic carbocycles. The summed E-state index contributed by atoms with van der Waals surface area (Å²) in [5.41, 5.74) is 2.16. The largest absolute Gasteiger partial charge is 0.368 e. The number of anilines is 1. The van der Waals surface area contributed by atoms with Crippen LogP contribution < -0.4 is 10.2 Å². The molecule has 1 heterocycles. The number of hydrogen-bond donors (Lipinski definition) is 1. The van der Waals surface area contributed by atoms with Crippen LogP contribution in [0.15, 0.2) is 18.2 Å². The van der Waals surface area contributed by atoms with Crippen molar-refractivity contribution >= 4 is 11.5 Å². The number of nitrogens with zero attached hydrogens (tertiary/aromatic N) is 2. The van der Waals surface area contributed by atoms with Gasteiger partial charge in [-0.1, -0.05) is 6.92 Å². The summed E-state index contributed by atoms with van der Waals surface area (Å²) in [4.78, 5) is 13.8. The van der Waals surface area contributed by atoms with Crippen LogP contribution in [-0.4, -0.2) is 32.0 Å². The lowest BCUT2D eigenvalue weighted by Gasteiger charge is -2.30. The third-order valence-electron chi connectivity index (χ3n) is 3.22. The fourth-order valence-corrected chi connectivity index (χ4v) is 2.18. The van der Waals surface area contributed by atoms with Gasteiger partial charge in [0.1, 0.15) is 6.07 Å². The van der Waals surface area contributed by atoms with Crippen molar-refractivity contribution in [2.75, 3.05) is 31.1 Å². The number of Topliss-reactive ketones (excluding diaryl/α,β-unsaturated/α-hetero) is 1. The summed E-state index contributed by atoms with van der Waals surface area (Å²) >= 11 is 0. The van der Waals surface area contributed by atoms with E-state index >= 15 is 0 Å². The van der Waals surface area contributed by atoms with Gasteiger partial charge in [0.25, 0.3) is 0 Å². The van der Waals surface area contributed by atoms with Gasteiger partial charge in [-0.3, -0.25) is 4.79 Å². The molecule has 0 unspecified atom stereocenters. The van der Waals surface area contributed by atoms with Crippen LogP contribution in [-0.2, 0) is 0 Å².